The van der Waals surface area contributed by atoms with Gasteiger partial charge in [0.05, 0.1) is 0 Å². The number of benzene rings is 1. The molecule has 0 atom stereocenters. The molecule has 1 aromatic heterocycles. The topological polar surface area (TPSA) is 63.1 Å². The summed E-state index contributed by atoms with van der Waals surface area (Å²) >= 11 is 0. The average Bonchev–Trinajstić information content (AvgIpc) is 2.74. The monoisotopic (exact) mass is 285 g/mol. The summed E-state index contributed by atoms with van der Waals surface area (Å²) in [6.07, 6.45) is 0. The van der Waals surface area contributed by atoms with Crippen LogP contribution >= 0.6 is 0 Å². The van der Waals surface area contributed by atoms with E-state index in [0.29, 0.717) is 5.69 Å². The molecule has 2 rings (SSSR count). The van der Waals surface area contributed by atoms with Crippen LogP contribution in [0.1, 0.15) is 22.5 Å². The zero-order chi connectivity index (χ0) is 15.6. The molecule has 2 N–H and O–H groups in total. The van der Waals surface area contributed by atoms with Gasteiger partial charge in [0.2, 0.25) is 0 Å². The maximum absolute atomic E-state index is 12.0. The number of rotatable bonds is 2. The van der Waals surface area contributed by atoms with Crippen molar-refractivity contribution in [3.05, 3.63) is 52.8 Å². The lowest BCUT2D eigenvalue weighted by Crippen LogP contribution is -2.35. The summed E-state index contributed by atoms with van der Waals surface area (Å²) < 4.78 is 1.59. The molecule has 1 aromatic carbocycles. The highest BCUT2D eigenvalue weighted by molar-refractivity contribution is 6.42. The third-order valence-electron chi connectivity index (χ3n) is 3.41. The first-order valence-corrected chi connectivity index (χ1v) is 6.73. The number of carbonyl (C=O) groups excluding carboxylic acids is 2. The molecule has 21 heavy (non-hydrogen) atoms. The minimum absolute atomic E-state index is 0.679. The Morgan fingerprint density at radius 2 is 1.38 bits per heavy atom. The van der Waals surface area contributed by atoms with E-state index in [1.165, 1.54) is 0 Å². The molecule has 110 valence electrons. The molecule has 5 nitrogen and oxygen atoms in total. The van der Waals surface area contributed by atoms with Crippen molar-refractivity contribution in [3.8, 4) is 0 Å². The van der Waals surface area contributed by atoms with E-state index in [1.54, 1.807) is 4.68 Å². The lowest BCUT2D eigenvalue weighted by molar-refractivity contribution is -0.133. The molecule has 0 bridgehead atoms. The maximum atomic E-state index is 12.0. The van der Waals surface area contributed by atoms with Crippen molar-refractivity contribution in [1.82, 2.24) is 4.68 Å². The Labute approximate surface area is 123 Å². The molecule has 0 fully saturated rings. The van der Waals surface area contributed by atoms with E-state index in [2.05, 4.69) is 10.7 Å². The van der Waals surface area contributed by atoms with Crippen molar-refractivity contribution in [2.24, 2.45) is 0 Å². The third-order valence-corrected chi connectivity index (χ3v) is 3.41. The minimum Gasteiger partial charge on any atom is -0.317 e. The van der Waals surface area contributed by atoms with Gasteiger partial charge in [0.25, 0.3) is 0 Å². The van der Waals surface area contributed by atoms with Crippen molar-refractivity contribution in [3.63, 3.8) is 0 Å². The Morgan fingerprint density at radius 3 is 1.90 bits per heavy atom. The van der Waals surface area contributed by atoms with Crippen LogP contribution in [0.2, 0.25) is 0 Å². The fourth-order valence-electron chi connectivity index (χ4n) is 2.18. The lowest BCUT2D eigenvalue weighted by atomic mass is 10.1. The number of aryl methyl sites for hydroxylation is 4. The summed E-state index contributed by atoms with van der Waals surface area (Å²) in [5.74, 6) is -1.38. The van der Waals surface area contributed by atoms with Crippen LogP contribution < -0.4 is 10.7 Å². The molecule has 0 saturated heterocycles. The van der Waals surface area contributed by atoms with Gasteiger partial charge in [-0.2, -0.15) is 0 Å². The first kappa shape index (κ1) is 14.8. The molecule has 5 heteroatoms. The Kier molecular flexibility index (Phi) is 4.12. The van der Waals surface area contributed by atoms with Gasteiger partial charge < -0.3 is 5.32 Å². The van der Waals surface area contributed by atoms with E-state index >= 15 is 0 Å². The largest absolute Gasteiger partial charge is 0.328 e. The summed E-state index contributed by atoms with van der Waals surface area (Å²) in [4.78, 5) is 24.0. The predicted octanol–water partition coefficient (Wildman–Crippen LogP) is 2.43. The van der Waals surface area contributed by atoms with E-state index in [-0.39, 0.29) is 0 Å². The fourth-order valence-corrected chi connectivity index (χ4v) is 2.18. The first-order chi connectivity index (χ1) is 9.90. The highest BCUT2D eigenvalue weighted by atomic mass is 16.2. The molecule has 0 saturated carbocycles. The van der Waals surface area contributed by atoms with Crippen LogP contribution in [0.15, 0.2) is 30.3 Å². The fraction of sp³-hybridized carbons (Fsp3) is 0.250. The molecule has 0 aliphatic heterocycles. The quantitative estimate of drug-likeness (QED) is 0.832. The highest BCUT2D eigenvalue weighted by Crippen LogP contribution is 2.19. The number of anilines is 1. The zero-order valence-electron chi connectivity index (χ0n) is 12.7. The van der Waals surface area contributed by atoms with Crippen LogP contribution in [0, 0.1) is 27.7 Å². The van der Waals surface area contributed by atoms with Gasteiger partial charge in [0, 0.05) is 17.1 Å². The Balaban J connectivity index is 2.12. The van der Waals surface area contributed by atoms with Gasteiger partial charge in [0.1, 0.15) is 0 Å². The summed E-state index contributed by atoms with van der Waals surface area (Å²) in [5.41, 5.74) is 6.83. The van der Waals surface area contributed by atoms with Crippen LogP contribution in [0.4, 0.5) is 5.69 Å². The molecular weight excluding hydrogens is 266 g/mol. The molecule has 0 aliphatic rings. The molecule has 1 heterocycles. The van der Waals surface area contributed by atoms with Crippen molar-refractivity contribution in [2.75, 3.05) is 10.7 Å². The zero-order valence-corrected chi connectivity index (χ0v) is 12.7. The van der Waals surface area contributed by atoms with Crippen molar-refractivity contribution >= 4 is 17.5 Å². The van der Waals surface area contributed by atoms with Gasteiger partial charge in [-0.05, 0) is 51.0 Å². The second-order valence-corrected chi connectivity index (χ2v) is 5.11. The van der Waals surface area contributed by atoms with Crippen molar-refractivity contribution in [2.45, 2.75) is 27.7 Å². The van der Waals surface area contributed by atoms with Gasteiger partial charge in [-0.25, -0.2) is 0 Å². The van der Waals surface area contributed by atoms with Crippen LogP contribution in [-0.4, -0.2) is 16.5 Å². The van der Waals surface area contributed by atoms with Gasteiger partial charge in [-0.1, -0.05) is 18.2 Å². The molecule has 2 amide bonds. The SMILES string of the molecule is Cc1cccc(C)c1NC(=O)C(=O)Nn1c(C)ccc1C. The van der Waals surface area contributed by atoms with Crippen LogP contribution in [-0.2, 0) is 9.59 Å². The van der Waals surface area contributed by atoms with Gasteiger partial charge >= 0.3 is 11.8 Å². The van der Waals surface area contributed by atoms with Crippen LogP contribution in [0.5, 0.6) is 0 Å². The van der Waals surface area contributed by atoms with E-state index in [0.717, 1.165) is 22.5 Å². The second-order valence-electron chi connectivity index (χ2n) is 5.11. The normalized spacial score (nSPS) is 10.3. The molecular formula is C16H19N3O2. The molecule has 2 aromatic rings. The Hall–Kier alpha value is -2.56. The number of hydrogen-bond acceptors (Lipinski definition) is 2. The third kappa shape index (κ3) is 3.13. The van der Waals surface area contributed by atoms with Gasteiger partial charge in [0.15, 0.2) is 0 Å². The minimum atomic E-state index is -0.694. The maximum Gasteiger partial charge on any atom is 0.328 e. The number of aromatic nitrogens is 1. The number of amides is 2. The Bertz CT molecular complexity index is 662. The predicted molar refractivity (Wildman–Crippen MR) is 82.8 cm³/mol. The van der Waals surface area contributed by atoms with Crippen LogP contribution in [0.3, 0.4) is 0 Å². The number of para-hydroxylation sites is 1. The van der Waals surface area contributed by atoms with Crippen molar-refractivity contribution < 1.29 is 9.59 Å². The van der Waals surface area contributed by atoms with E-state index in [9.17, 15) is 9.59 Å². The Morgan fingerprint density at radius 1 is 0.857 bits per heavy atom. The number of nitrogens with one attached hydrogen (secondary N) is 2. The number of nitrogens with zero attached hydrogens (tertiary/aromatic N) is 1. The lowest BCUT2D eigenvalue weighted by Gasteiger charge is -2.13. The van der Waals surface area contributed by atoms with E-state index < -0.39 is 11.8 Å². The second kappa shape index (κ2) is 5.83. The molecule has 0 aliphatic carbocycles. The van der Waals surface area contributed by atoms with Crippen LogP contribution in [0.25, 0.3) is 0 Å². The molecule has 0 radical (unpaired) electrons. The first-order valence-electron chi connectivity index (χ1n) is 6.73. The van der Waals surface area contributed by atoms with E-state index in [4.69, 9.17) is 0 Å². The summed E-state index contributed by atoms with van der Waals surface area (Å²) in [6, 6.07) is 9.44. The smallest absolute Gasteiger partial charge is 0.317 e. The number of carbonyl (C=O) groups is 2. The molecule has 0 spiro atoms. The van der Waals surface area contributed by atoms with Gasteiger partial charge in [-0.15, -0.1) is 0 Å². The van der Waals surface area contributed by atoms with Gasteiger partial charge in [-0.3, -0.25) is 19.7 Å². The molecule has 0 unspecified atom stereocenters. The van der Waals surface area contributed by atoms with E-state index in [1.807, 2.05) is 58.0 Å². The summed E-state index contributed by atoms with van der Waals surface area (Å²) in [5, 5.41) is 2.67. The standard InChI is InChI=1S/C16H19N3O2/c1-10-6-5-7-11(2)14(10)17-15(20)16(21)18-19-12(3)8-9-13(19)4/h5-9H,1-4H3,(H,17,20)(H,18,21). The summed E-state index contributed by atoms with van der Waals surface area (Å²) in [6.45, 7) is 7.49. The average molecular weight is 285 g/mol. The highest BCUT2D eigenvalue weighted by Gasteiger charge is 2.17. The number of hydrogen-bond donors (Lipinski definition) is 2. The summed E-state index contributed by atoms with van der Waals surface area (Å²) in [7, 11) is 0. The van der Waals surface area contributed by atoms with Crippen molar-refractivity contribution in [1.29, 1.82) is 0 Å².